The molecule has 0 radical (unpaired) electrons. The van der Waals surface area contributed by atoms with Gasteiger partial charge in [-0.1, -0.05) is 12.1 Å². The molecule has 22 heavy (non-hydrogen) atoms. The van der Waals surface area contributed by atoms with E-state index in [1.165, 1.54) is 6.07 Å². The van der Waals surface area contributed by atoms with Crippen LogP contribution in [-0.4, -0.2) is 33.9 Å². The Kier molecular flexibility index (Phi) is 5.41. The van der Waals surface area contributed by atoms with Crippen molar-refractivity contribution >= 4 is 5.91 Å². The Bertz CT molecular complexity index is 637. The zero-order valence-electron chi connectivity index (χ0n) is 12.9. The Morgan fingerprint density at radius 3 is 2.82 bits per heavy atom. The molecule has 0 bridgehead atoms. The van der Waals surface area contributed by atoms with Crippen LogP contribution in [0.5, 0.6) is 11.5 Å². The standard InChI is InChI=1S/C16H21N3O3/c1-12-10-13(2)19(18-12)9-5-8-17-16(21)11-22-15-7-4-3-6-14(15)20/h3-4,6-7,10,20H,5,8-9,11H2,1-2H3,(H,17,21). The van der Waals surface area contributed by atoms with Crippen molar-refractivity contribution in [3.63, 3.8) is 0 Å². The molecule has 1 aromatic carbocycles. The first-order valence-corrected chi connectivity index (χ1v) is 7.25. The van der Waals surface area contributed by atoms with Crippen LogP contribution in [0.25, 0.3) is 0 Å². The quantitative estimate of drug-likeness (QED) is 0.765. The fraction of sp³-hybridized carbons (Fsp3) is 0.375. The Labute approximate surface area is 129 Å². The third kappa shape index (κ3) is 4.51. The third-order valence-electron chi connectivity index (χ3n) is 3.20. The monoisotopic (exact) mass is 303 g/mol. The number of aromatic nitrogens is 2. The van der Waals surface area contributed by atoms with Crippen molar-refractivity contribution in [2.75, 3.05) is 13.2 Å². The number of phenols is 1. The van der Waals surface area contributed by atoms with Crippen LogP contribution in [0.15, 0.2) is 30.3 Å². The number of hydrogen-bond donors (Lipinski definition) is 2. The summed E-state index contributed by atoms with van der Waals surface area (Å²) < 4.78 is 7.19. The van der Waals surface area contributed by atoms with Gasteiger partial charge in [0.25, 0.3) is 5.91 Å². The molecule has 0 aliphatic heterocycles. The van der Waals surface area contributed by atoms with Gasteiger partial charge in [0.05, 0.1) is 5.69 Å². The lowest BCUT2D eigenvalue weighted by molar-refractivity contribution is -0.123. The van der Waals surface area contributed by atoms with Gasteiger partial charge < -0.3 is 15.2 Å². The van der Waals surface area contributed by atoms with Crippen LogP contribution in [0.2, 0.25) is 0 Å². The van der Waals surface area contributed by atoms with Crippen molar-refractivity contribution in [2.24, 2.45) is 0 Å². The van der Waals surface area contributed by atoms with Gasteiger partial charge in [0, 0.05) is 18.8 Å². The minimum Gasteiger partial charge on any atom is -0.504 e. The molecule has 0 unspecified atom stereocenters. The van der Waals surface area contributed by atoms with Crippen molar-refractivity contribution in [1.82, 2.24) is 15.1 Å². The normalized spacial score (nSPS) is 10.5. The predicted molar refractivity (Wildman–Crippen MR) is 82.9 cm³/mol. The summed E-state index contributed by atoms with van der Waals surface area (Å²) in [5.74, 6) is 0.122. The fourth-order valence-electron chi connectivity index (χ4n) is 2.13. The average molecular weight is 303 g/mol. The van der Waals surface area contributed by atoms with Gasteiger partial charge in [0.15, 0.2) is 18.1 Å². The molecule has 0 aliphatic rings. The zero-order valence-corrected chi connectivity index (χ0v) is 12.9. The van der Waals surface area contributed by atoms with E-state index in [-0.39, 0.29) is 18.3 Å². The second-order valence-corrected chi connectivity index (χ2v) is 5.11. The van der Waals surface area contributed by atoms with Gasteiger partial charge in [-0.2, -0.15) is 5.10 Å². The molecule has 0 fully saturated rings. The van der Waals surface area contributed by atoms with Crippen LogP contribution >= 0.6 is 0 Å². The first kappa shape index (κ1) is 15.9. The Balaban J connectivity index is 1.66. The highest BCUT2D eigenvalue weighted by Crippen LogP contribution is 2.23. The highest BCUT2D eigenvalue weighted by molar-refractivity contribution is 5.77. The van der Waals surface area contributed by atoms with Gasteiger partial charge in [-0.15, -0.1) is 0 Å². The van der Waals surface area contributed by atoms with Crippen LogP contribution in [0.1, 0.15) is 17.8 Å². The summed E-state index contributed by atoms with van der Waals surface area (Å²) in [6.45, 7) is 5.18. The summed E-state index contributed by atoms with van der Waals surface area (Å²) in [5, 5.41) is 16.7. The Hall–Kier alpha value is -2.50. The molecule has 118 valence electrons. The number of hydrogen-bond acceptors (Lipinski definition) is 4. The van der Waals surface area contributed by atoms with Gasteiger partial charge in [-0.25, -0.2) is 0 Å². The van der Waals surface area contributed by atoms with E-state index in [0.29, 0.717) is 12.3 Å². The van der Waals surface area contributed by atoms with Gasteiger partial charge in [-0.05, 0) is 38.5 Å². The third-order valence-corrected chi connectivity index (χ3v) is 3.20. The van der Waals surface area contributed by atoms with Crippen LogP contribution in [-0.2, 0) is 11.3 Å². The average Bonchev–Trinajstić information content (AvgIpc) is 2.81. The van der Waals surface area contributed by atoms with E-state index >= 15 is 0 Å². The molecular formula is C16H21N3O3. The summed E-state index contributed by atoms with van der Waals surface area (Å²) in [7, 11) is 0. The molecule has 2 rings (SSSR count). The van der Waals surface area contributed by atoms with E-state index in [1.54, 1.807) is 18.2 Å². The number of carbonyl (C=O) groups is 1. The van der Waals surface area contributed by atoms with Crippen molar-refractivity contribution in [3.05, 3.63) is 41.7 Å². The highest BCUT2D eigenvalue weighted by atomic mass is 16.5. The van der Waals surface area contributed by atoms with E-state index < -0.39 is 0 Å². The molecule has 2 aromatic rings. The van der Waals surface area contributed by atoms with Gasteiger partial charge in [0.1, 0.15) is 0 Å². The number of ether oxygens (including phenoxy) is 1. The molecule has 1 amide bonds. The summed E-state index contributed by atoms with van der Waals surface area (Å²) in [5.41, 5.74) is 2.12. The smallest absolute Gasteiger partial charge is 0.257 e. The lowest BCUT2D eigenvalue weighted by Gasteiger charge is -2.09. The lowest BCUT2D eigenvalue weighted by atomic mass is 10.3. The highest BCUT2D eigenvalue weighted by Gasteiger charge is 2.05. The number of aromatic hydroxyl groups is 1. The van der Waals surface area contributed by atoms with Crippen molar-refractivity contribution in [1.29, 1.82) is 0 Å². The SMILES string of the molecule is Cc1cc(C)n(CCCNC(=O)COc2ccccc2O)n1. The molecule has 6 heteroatoms. The molecule has 0 saturated heterocycles. The molecule has 0 spiro atoms. The second-order valence-electron chi connectivity index (χ2n) is 5.11. The Morgan fingerprint density at radius 2 is 2.14 bits per heavy atom. The first-order valence-electron chi connectivity index (χ1n) is 7.25. The molecule has 0 aliphatic carbocycles. The number of carbonyl (C=O) groups excluding carboxylic acids is 1. The summed E-state index contributed by atoms with van der Waals surface area (Å²) in [4.78, 5) is 11.7. The van der Waals surface area contributed by atoms with E-state index in [1.807, 2.05) is 24.6 Å². The molecular weight excluding hydrogens is 282 g/mol. The molecule has 0 atom stereocenters. The molecule has 0 saturated carbocycles. The Morgan fingerprint density at radius 1 is 1.36 bits per heavy atom. The number of benzene rings is 1. The van der Waals surface area contributed by atoms with E-state index in [0.717, 1.165) is 24.4 Å². The van der Waals surface area contributed by atoms with Gasteiger partial charge in [0.2, 0.25) is 0 Å². The van der Waals surface area contributed by atoms with Crippen molar-refractivity contribution in [2.45, 2.75) is 26.8 Å². The lowest BCUT2D eigenvalue weighted by Crippen LogP contribution is -2.30. The summed E-state index contributed by atoms with van der Waals surface area (Å²) >= 11 is 0. The van der Waals surface area contributed by atoms with Crippen LogP contribution in [0, 0.1) is 13.8 Å². The topological polar surface area (TPSA) is 76.4 Å². The summed E-state index contributed by atoms with van der Waals surface area (Å²) in [6.07, 6.45) is 0.796. The second kappa shape index (κ2) is 7.49. The van der Waals surface area contributed by atoms with Gasteiger partial charge >= 0.3 is 0 Å². The van der Waals surface area contributed by atoms with E-state index in [4.69, 9.17) is 4.74 Å². The van der Waals surface area contributed by atoms with E-state index in [2.05, 4.69) is 10.4 Å². The number of amides is 1. The fourth-order valence-corrected chi connectivity index (χ4v) is 2.13. The van der Waals surface area contributed by atoms with Gasteiger partial charge in [-0.3, -0.25) is 9.48 Å². The van der Waals surface area contributed by atoms with Crippen LogP contribution < -0.4 is 10.1 Å². The number of para-hydroxylation sites is 2. The first-order chi connectivity index (χ1) is 10.6. The van der Waals surface area contributed by atoms with Crippen molar-refractivity contribution < 1.29 is 14.6 Å². The minimum atomic E-state index is -0.211. The zero-order chi connectivity index (χ0) is 15.9. The molecule has 2 N–H and O–H groups in total. The van der Waals surface area contributed by atoms with E-state index in [9.17, 15) is 9.90 Å². The van der Waals surface area contributed by atoms with Crippen LogP contribution in [0.3, 0.4) is 0 Å². The van der Waals surface area contributed by atoms with Crippen molar-refractivity contribution in [3.8, 4) is 11.5 Å². The molecule has 1 aromatic heterocycles. The number of phenolic OH excluding ortho intramolecular Hbond substituents is 1. The molecule has 1 heterocycles. The number of aryl methyl sites for hydroxylation is 3. The number of nitrogens with zero attached hydrogens (tertiary/aromatic N) is 2. The number of rotatable bonds is 7. The summed E-state index contributed by atoms with van der Waals surface area (Å²) in [6, 6.07) is 8.59. The molecule has 6 nitrogen and oxygen atoms in total. The number of nitrogens with one attached hydrogen (secondary N) is 1. The predicted octanol–water partition coefficient (Wildman–Crippen LogP) is 1.79. The maximum absolute atomic E-state index is 11.7. The largest absolute Gasteiger partial charge is 0.504 e. The minimum absolute atomic E-state index is 0.0276. The maximum atomic E-state index is 11.7. The maximum Gasteiger partial charge on any atom is 0.257 e. The van der Waals surface area contributed by atoms with Crippen LogP contribution in [0.4, 0.5) is 0 Å².